The minimum atomic E-state index is -0.742. The Kier molecular flexibility index (Phi) is 39.3. The van der Waals surface area contributed by atoms with Crippen molar-refractivity contribution in [2.45, 2.75) is 215 Å². The Morgan fingerprint density at radius 2 is 0.846 bits per heavy atom. The van der Waals surface area contributed by atoms with E-state index < -0.39 is 47.5 Å². The fraction of sp³-hybridized carbons (Fsp3) is 0.489. The standard InChI is InChI=1S/C49H60ClN7O8.C41H52ClN5O4.C2H5.4HI.V/c1-48(2)35-15-13-29-53(27-11-7-9-17-43(62)64-55-39(58)23-24-40(55)59)46(35)51-37(48)21-19-33-31-57(5,6)32-34(45(33)50)20-22-38-49(3,4)36-16-14-30-54(47(36)52-38)28-12-8-10-18-44(63)65-56-41(60)25-26-42(56)61;1-40(2)31-15-13-25-45(23-11-7-9-17-35(48)49)38(31)43-33(40)21-19-29-27-47(5,6)28-30(37(29)42)20-22-34-41(3,4)32-16-14-26-46(39(32)44-34)24-12-8-10-18-36(50)51;1-2;;;;;/h13-16,19-22,29-30H,7-12,17-18,23-28,31-32H2,1-6H3;13-16,19-22,25-26H,7-12,17-18,23-24,27-28H2,1-6H3;1H2,2H3;4*1H;/q+2;;-1;;;;;+2/p-2. The van der Waals surface area contributed by atoms with E-state index in [9.17, 15) is 38.4 Å². The Balaban J connectivity index is 0.000000325. The molecule has 0 radical (unpaired) electrons. The quantitative estimate of drug-likeness (QED) is 0.0172. The molecule has 12 rings (SSSR count). The second kappa shape index (κ2) is 46.6. The van der Waals surface area contributed by atoms with Gasteiger partial charge >= 0.3 is 84.9 Å². The van der Waals surface area contributed by atoms with E-state index in [4.69, 9.17) is 63.1 Å². The summed E-state index contributed by atoms with van der Waals surface area (Å²) in [6.07, 6.45) is 43.7. The number of hydrogen-bond acceptors (Lipinski definition) is 16. The number of amidine groups is 2. The van der Waals surface area contributed by atoms with Crippen molar-refractivity contribution in [1.82, 2.24) is 19.9 Å². The molecule has 0 atom stereocenters. The molecule has 0 spiro atoms. The first-order valence-corrected chi connectivity index (χ1v) is 51.7. The number of aliphatic imine (C=N–C) groups is 4. The number of amides is 4. The maximum atomic E-state index is 12.2. The number of aryl methyl sites for hydroxylation is 2. The van der Waals surface area contributed by atoms with Crippen LogP contribution in [0.2, 0.25) is 0 Å². The van der Waals surface area contributed by atoms with Crippen LogP contribution in [0.15, 0.2) is 197 Å². The molecule has 31 heteroatoms. The number of nitrogens with zero attached hydrogens (tertiary/aromatic N) is 12. The Morgan fingerprint density at radius 3 is 1.20 bits per heavy atom. The second-order valence-corrected chi connectivity index (χ2v) is 47.5. The van der Waals surface area contributed by atoms with Crippen molar-refractivity contribution in [3.63, 3.8) is 0 Å². The number of fused-ring (bicyclic) bond motifs is 4. The number of halogens is 6. The third-order valence-corrected chi connectivity index (χ3v) is 24.1. The minimum absolute atomic E-state index is 0. The predicted octanol–water partition coefficient (Wildman–Crippen LogP) is 11.2. The molecule has 2 N–H and O–H groups in total. The molecule has 2 saturated heterocycles. The zero-order chi connectivity index (χ0) is 88.4. The van der Waals surface area contributed by atoms with Gasteiger partial charge in [0.15, 0.2) is 11.4 Å². The Hall–Kier alpha value is -6.38. The molecule has 0 aliphatic carbocycles. The van der Waals surface area contributed by atoms with Gasteiger partial charge in [-0.1, -0.05) is 88.0 Å². The van der Waals surface area contributed by atoms with Gasteiger partial charge in [-0.25, -0.2) is 28.7 Å². The number of carbonyl (C=O) groups is 8. The van der Waals surface area contributed by atoms with Crippen LogP contribution in [0.1, 0.15) is 202 Å². The molecule has 4 amide bonds. The van der Waals surface area contributed by atoms with Gasteiger partial charge in [0.25, 0.3) is 23.6 Å². The number of likely N-dealkylation sites (N-methyl/N-ethyl adjacent to an activating group) is 2. The normalized spacial score (nSPS) is 20.8. The summed E-state index contributed by atoms with van der Waals surface area (Å²) in [4.78, 5) is 128. The molecule has 0 aromatic carbocycles. The SMILES string of the molecule is CC1(C)C2=CC=CN(CCCCCC(=O)O)C2=N/C1=C/C=C1\C[N+](C)(C)CC(/C=C/C2=Nc3c(ccc[n+]3CCCCCC(=O)O)C2(C)C)=C1Cl.CC1(C)C2=CC=CN(CCCCCC(=O)ON3C(=O)CCC3=O)C2=N/C1=C/C=C1\C[N+](C)(C)CC(/C=C/C2=Nc3c(ccc[n+]3CCCCCC(=O)ON3C(=O)CCC3=O)C2(C)C)=C1Cl.[CH2-]C.[I-].[I-].[I][V][I]. The van der Waals surface area contributed by atoms with Crippen LogP contribution >= 0.6 is 63.2 Å². The van der Waals surface area contributed by atoms with Crippen LogP contribution in [-0.2, 0) is 81.4 Å². The van der Waals surface area contributed by atoms with E-state index >= 15 is 0 Å². The zero-order valence-electron chi connectivity index (χ0n) is 73.1. The zero-order valence-corrected chi connectivity index (χ0v) is 84.7. The van der Waals surface area contributed by atoms with Crippen molar-refractivity contribution in [3.05, 3.63) is 195 Å². The van der Waals surface area contributed by atoms with E-state index in [0.717, 1.165) is 189 Å². The van der Waals surface area contributed by atoms with Crippen molar-refractivity contribution >= 4 is 145 Å². The van der Waals surface area contributed by atoms with Crippen molar-refractivity contribution in [1.29, 1.82) is 0 Å². The molecule has 665 valence electrons. The topological polar surface area (TPSA) is 266 Å². The summed E-state index contributed by atoms with van der Waals surface area (Å²) in [6.45, 7) is 28.7. The van der Waals surface area contributed by atoms with Crippen molar-refractivity contribution in [2.24, 2.45) is 30.8 Å². The number of quaternary nitrogens is 2. The number of carbonyl (C=O) groups excluding carboxylic acids is 6. The number of pyridine rings is 2. The number of aliphatic carboxylic acids is 2. The Bertz CT molecular complexity index is 4850. The summed E-state index contributed by atoms with van der Waals surface area (Å²) in [5.74, 6) is -0.776. The van der Waals surface area contributed by atoms with Crippen LogP contribution in [0, 0.1) is 17.8 Å². The number of rotatable bonds is 32. The summed E-state index contributed by atoms with van der Waals surface area (Å²) in [5, 5.41) is 20.6. The maximum absolute atomic E-state index is 12.2. The third kappa shape index (κ3) is 26.9. The average Bonchev–Trinajstić information content (AvgIpc) is 1.63. The molecule has 24 nitrogen and oxygen atoms in total. The van der Waals surface area contributed by atoms with E-state index in [1.807, 2.05) is 24.5 Å². The van der Waals surface area contributed by atoms with Crippen molar-refractivity contribution in [3.8, 4) is 0 Å². The fourth-order valence-electron chi connectivity index (χ4n) is 16.3. The third-order valence-electron chi connectivity index (χ3n) is 23.2. The first-order chi connectivity index (χ1) is 57.4. The number of aromatic nitrogens is 2. The molecule has 2 aromatic heterocycles. The molecule has 2 aromatic rings. The van der Waals surface area contributed by atoms with E-state index in [0.29, 0.717) is 58.4 Å². The number of hydrogen-bond donors (Lipinski definition) is 2. The summed E-state index contributed by atoms with van der Waals surface area (Å²) < 4.78 is 5.84. The molecular weight excluding hydrogens is 2090 g/mol. The van der Waals surface area contributed by atoms with Gasteiger partial charge in [0.05, 0.1) is 97.1 Å². The van der Waals surface area contributed by atoms with Crippen LogP contribution in [0.25, 0.3) is 0 Å². The Labute approximate surface area is 799 Å². The van der Waals surface area contributed by atoms with Crippen LogP contribution in [0.4, 0.5) is 11.6 Å². The molecule has 0 saturated carbocycles. The average molecular weight is 2210 g/mol. The van der Waals surface area contributed by atoms with Gasteiger partial charge in [0.2, 0.25) is 0 Å². The molecule has 0 unspecified atom stereocenters. The summed E-state index contributed by atoms with van der Waals surface area (Å²) in [6, 6.07) is 8.40. The van der Waals surface area contributed by atoms with E-state index in [1.165, 1.54) is 11.1 Å². The van der Waals surface area contributed by atoms with Gasteiger partial charge in [-0.05, 0) is 175 Å². The summed E-state index contributed by atoms with van der Waals surface area (Å²) >= 11 is 19.2. The number of carboxylic acids is 2. The van der Waals surface area contributed by atoms with Crippen LogP contribution in [-0.4, -0.2) is 177 Å². The van der Waals surface area contributed by atoms with Gasteiger partial charge in [-0.3, -0.25) is 28.8 Å². The Morgan fingerprint density at radius 1 is 0.504 bits per heavy atom. The van der Waals surface area contributed by atoms with Crippen LogP contribution < -0.4 is 57.1 Å². The van der Waals surface area contributed by atoms with E-state index in [-0.39, 0.29) is 121 Å². The first kappa shape index (κ1) is 104. The molecule has 10 aliphatic rings. The van der Waals surface area contributed by atoms with Gasteiger partial charge in [-0.15, -0.1) is 10.1 Å². The van der Waals surface area contributed by atoms with Gasteiger partial charge in [0, 0.05) is 121 Å². The second-order valence-electron chi connectivity index (χ2n) is 35.0. The van der Waals surface area contributed by atoms with Crippen molar-refractivity contribution in [2.75, 3.05) is 67.5 Å². The van der Waals surface area contributed by atoms with E-state index in [2.05, 4.69) is 247 Å². The molecule has 123 heavy (non-hydrogen) atoms. The summed E-state index contributed by atoms with van der Waals surface area (Å²) in [5.41, 5.74) is 11.5. The predicted molar refractivity (Wildman–Crippen MR) is 486 cm³/mol. The monoisotopic (exact) mass is 2210 g/mol. The summed E-state index contributed by atoms with van der Waals surface area (Å²) in [7, 11) is 9.48. The number of unbranched alkanes of at least 4 members (excludes halogenated alkanes) is 8. The molecule has 10 aliphatic heterocycles. The molecule has 12 heterocycles. The van der Waals surface area contributed by atoms with Crippen LogP contribution in [0.5, 0.6) is 0 Å². The van der Waals surface area contributed by atoms with Gasteiger partial charge in [-0.2, -0.15) is 6.92 Å². The molecule has 0 bridgehead atoms. The van der Waals surface area contributed by atoms with E-state index in [1.54, 1.807) is 6.92 Å². The number of hydroxylamine groups is 4. The fourth-order valence-corrected chi connectivity index (χ4v) is 16.8. The number of imide groups is 2. The van der Waals surface area contributed by atoms with Gasteiger partial charge in [0.1, 0.15) is 37.9 Å². The number of allylic oxidation sites excluding steroid dienone is 12. The first-order valence-electron chi connectivity index (χ1n) is 41.9. The van der Waals surface area contributed by atoms with Crippen molar-refractivity contribution < 1.29 is 134 Å². The van der Waals surface area contributed by atoms with Gasteiger partial charge < -0.3 is 93.5 Å². The molecular formula is C92H119Cl2I4N12O12V+. The van der Waals surface area contributed by atoms with Crippen LogP contribution in [0.3, 0.4) is 0 Å². The molecule has 2 fully saturated rings. The number of carboxylic acid groups (broad SMARTS) is 2.